The minimum Gasteiger partial charge on any atom is -0.444 e. The third-order valence-corrected chi connectivity index (χ3v) is 2.76. The van der Waals surface area contributed by atoms with E-state index in [0.717, 1.165) is 11.1 Å². The molecule has 0 aromatic heterocycles. The highest BCUT2D eigenvalue weighted by Crippen LogP contribution is 2.29. The van der Waals surface area contributed by atoms with Crippen LogP contribution in [0.15, 0.2) is 48.5 Å². The largest absolute Gasteiger partial charge is 0.444 e. The second-order valence-corrected chi connectivity index (χ2v) is 5.80. The lowest BCUT2D eigenvalue weighted by molar-refractivity contribution is 0.0636. The van der Waals surface area contributed by atoms with Gasteiger partial charge in [0.1, 0.15) is 5.60 Å². The molecule has 0 radical (unpaired) electrons. The van der Waals surface area contributed by atoms with Crippen molar-refractivity contribution < 1.29 is 9.53 Å². The number of nitrogens with two attached hydrogens (primary N) is 1. The summed E-state index contributed by atoms with van der Waals surface area (Å²) in [4.78, 5) is 11.9. The molecule has 0 heterocycles. The van der Waals surface area contributed by atoms with E-state index in [4.69, 9.17) is 10.5 Å². The Bertz CT molecular complexity index is 645. The molecule has 0 saturated carbocycles. The Kier molecular flexibility index (Phi) is 4.17. The Hall–Kier alpha value is -2.49. The molecule has 0 unspecified atom stereocenters. The van der Waals surface area contributed by atoms with E-state index < -0.39 is 11.7 Å². The van der Waals surface area contributed by atoms with Crippen molar-refractivity contribution in [2.45, 2.75) is 26.4 Å². The molecule has 3 N–H and O–H groups in total. The van der Waals surface area contributed by atoms with Gasteiger partial charge in [-0.25, -0.2) is 4.79 Å². The molecule has 2 aromatic rings. The first-order chi connectivity index (χ1) is 9.85. The number of anilines is 2. The predicted molar refractivity (Wildman–Crippen MR) is 86.1 cm³/mol. The van der Waals surface area contributed by atoms with E-state index in [-0.39, 0.29) is 0 Å². The third kappa shape index (κ3) is 4.24. The average Bonchev–Trinajstić information content (AvgIpc) is 2.37. The van der Waals surface area contributed by atoms with Gasteiger partial charge in [-0.15, -0.1) is 0 Å². The van der Waals surface area contributed by atoms with E-state index >= 15 is 0 Å². The van der Waals surface area contributed by atoms with Crippen molar-refractivity contribution in [3.63, 3.8) is 0 Å². The molecule has 0 fully saturated rings. The molecular weight excluding hydrogens is 264 g/mol. The molecule has 1 amide bonds. The summed E-state index contributed by atoms with van der Waals surface area (Å²) >= 11 is 0. The van der Waals surface area contributed by atoms with E-state index in [9.17, 15) is 4.79 Å². The molecule has 0 aliphatic heterocycles. The molecule has 4 nitrogen and oxygen atoms in total. The van der Waals surface area contributed by atoms with Crippen LogP contribution < -0.4 is 11.1 Å². The molecule has 0 atom stereocenters. The fourth-order valence-electron chi connectivity index (χ4n) is 1.96. The number of nitrogen functional groups attached to an aromatic ring is 1. The number of ether oxygens (including phenoxy) is 1. The summed E-state index contributed by atoms with van der Waals surface area (Å²) in [6, 6.07) is 15.1. The van der Waals surface area contributed by atoms with Gasteiger partial charge in [-0.1, -0.05) is 30.3 Å². The minimum atomic E-state index is -0.532. The van der Waals surface area contributed by atoms with Crippen molar-refractivity contribution in [2.24, 2.45) is 0 Å². The van der Waals surface area contributed by atoms with E-state index in [1.807, 2.05) is 69.3 Å². The SMILES string of the molecule is CC(C)(C)OC(=O)Nc1ccccc1-c1cccc(N)c1. The molecule has 2 rings (SSSR count). The lowest BCUT2D eigenvalue weighted by atomic mass is 10.0. The molecule has 0 saturated heterocycles. The van der Waals surface area contributed by atoms with Crippen LogP contribution in [0.5, 0.6) is 0 Å². The maximum atomic E-state index is 11.9. The van der Waals surface area contributed by atoms with Crippen molar-refractivity contribution in [3.8, 4) is 11.1 Å². The zero-order valence-electron chi connectivity index (χ0n) is 12.5. The molecule has 0 aliphatic rings. The molecule has 0 spiro atoms. The van der Waals surface area contributed by atoms with Gasteiger partial charge in [-0.05, 0) is 44.5 Å². The van der Waals surface area contributed by atoms with Gasteiger partial charge in [0.15, 0.2) is 0 Å². The Morgan fingerprint density at radius 3 is 2.48 bits per heavy atom. The monoisotopic (exact) mass is 284 g/mol. The molecule has 2 aromatic carbocycles. The van der Waals surface area contributed by atoms with Crippen molar-refractivity contribution in [3.05, 3.63) is 48.5 Å². The fraction of sp³-hybridized carbons (Fsp3) is 0.235. The van der Waals surface area contributed by atoms with E-state index in [1.165, 1.54) is 0 Å². The minimum absolute atomic E-state index is 0.473. The fourth-order valence-corrected chi connectivity index (χ4v) is 1.96. The summed E-state index contributed by atoms with van der Waals surface area (Å²) in [5.74, 6) is 0. The summed E-state index contributed by atoms with van der Waals surface area (Å²) in [7, 11) is 0. The van der Waals surface area contributed by atoms with Gasteiger partial charge in [0.25, 0.3) is 0 Å². The smallest absolute Gasteiger partial charge is 0.412 e. The summed E-state index contributed by atoms with van der Waals surface area (Å²) < 4.78 is 5.28. The topological polar surface area (TPSA) is 64.3 Å². The lowest BCUT2D eigenvalue weighted by Gasteiger charge is -2.20. The lowest BCUT2D eigenvalue weighted by Crippen LogP contribution is -2.27. The van der Waals surface area contributed by atoms with Gasteiger partial charge in [0.05, 0.1) is 5.69 Å². The summed E-state index contributed by atoms with van der Waals surface area (Å²) in [6.07, 6.45) is -0.473. The van der Waals surface area contributed by atoms with Gasteiger partial charge in [0.2, 0.25) is 0 Å². The average molecular weight is 284 g/mol. The molecule has 4 heteroatoms. The maximum absolute atomic E-state index is 11.9. The molecule has 21 heavy (non-hydrogen) atoms. The zero-order chi connectivity index (χ0) is 15.5. The molecule has 110 valence electrons. The van der Waals surface area contributed by atoms with Crippen LogP contribution in [-0.4, -0.2) is 11.7 Å². The summed E-state index contributed by atoms with van der Waals surface area (Å²) in [5.41, 5.74) is 8.50. The second-order valence-electron chi connectivity index (χ2n) is 5.80. The van der Waals surface area contributed by atoms with Crippen LogP contribution in [0.2, 0.25) is 0 Å². The van der Waals surface area contributed by atoms with Crippen LogP contribution in [0.25, 0.3) is 11.1 Å². The van der Waals surface area contributed by atoms with Crippen molar-refractivity contribution in [1.82, 2.24) is 0 Å². The first-order valence-electron chi connectivity index (χ1n) is 6.80. The Balaban J connectivity index is 2.28. The number of hydrogen-bond donors (Lipinski definition) is 2. The summed E-state index contributed by atoms with van der Waals surface area (Å²) in [6.45, 7) is 5.49. The molecule has 0 bridgehead atoms. The standard InChI is InChI=1S/C17H20N2O2/c1-17(2,3)21-16(20)19-15-10-5-4-9-14(15)12-7-6-8-13(18)11-12/h4-11H,18H2,1-3H3,(H,19,20). The summed E-state index contributed by atoms with van der Waals surface area (Å²) in [5, 5.41) is 2.78. The number of rotatable bonds is 2. The first kappa shape index (κ1) is 14.9. The number of hydrogen-bond acceptors (Lipinski definition) is 3. The predicted octanol–water partition coefficient (Wildman–Crippen LogP) is 4.28. The molecule has 0 aliphatic carbocycles. The zero-order valence-corrected chi connectivity index (χ0v) is 12.5. The number of benzene rings is 2. The third-order valence-electron chi connectivity index (χ3n) is 2.76. The molecular formula is C17H20N2O2. The Labute approximate surface area is 124 Å². The maximum Gasteiger partial charge on any atom is 0.412 e. The Morgan fingerprint density at radius 2 is 1.81 bits per heavy atom. The van der Waals surface area contributed by atoms with Crippen molar-refractivity contribution >= 4 is 17.5 Å². The first-order valence-corrected chi connectivity index (χ1v) is 6.80. The van der Waals surface area contributed by atoms with Gasteiger partial charge >= 0.3 is 6.09 Å². The highest BCUT2D eigenvalue weighted by atomic mass is 16.6. The van der Waals surface area contributed by atoms with Gasteiger partial charge in [-0.2, -0.15) is 0 Å². The number of para-hydroxylation sites is 1. The number of nitrogens with one attached hydrogen (secondary N) is 1. The van der Waals surface area contributed by atoms with Crippen LogP contribution in [0.1, 0.15) is 20.8 Å². The highest BCUT2D eigenvalue weighted by Gasteiger charge is 2.17. The number of carbonyl (C=O) groups excluding carboxylic acids is 1. The van der Waals surface area contributed by atoms with Crippen molar-refractivity contribution in [2.75, 3.05) is 11.1 Å². The van der Waals surface area contributed by atoms with Gasteiger partial charge in [0, 0.05) is 11.3 Å². The van der Waals surface area contributed by atoms with Crippen LogP contribution >= 0.6 is 0 Å². The van der Waals surface area contributed by atoms with Crippen LogP contribution in [-0.2, 0) is 4.74 Å². The van der Waals surface area contributed by atoms with E-state index in [1.54, 1.807) is 0 Å². The normalized spacial score (nSPS) is 11.0. The highest BCUT2D eigenvalue weighted by molar-refractivity contribution is 5.91. The van der Waals surface area contributed by atoms with E-state index in [0.29, 0.717) is 11.4 Å². The number of carbonyl (C=O) groups is 1. The Morgan fingerprint density at radius 1 is 1.10 bits per heavy atom. The van der Waals surface area contributed by atoms with Crippen LogP contribution in [0.3, 0.4) is 0 Å². The van der Waals surface area contributed by atoms with Crippen LogP contribution in [0, 0.1) is 0 Å². The van der Waals surface area contributed by atoms with E-state index in [2.05, 4.69) is 5.32 Å². The van der Waals surface area contributed by atoms with Crippen LogP contribution in [0.4, 0.5) is 16.2 Å². The van der Waals surface area contributed by atoms with Gasteiger partial charge in [-0.3, -0.25) is 5.32 Å². The second kappa shape index (κ2) is 5.87. The van der Waals surface area contributed by atoms with Crippen molar-refractivity contribution in [1.29, 1.82) is 0 Å². The number of amides is 1. The quantitative estimate of drug-likeness (QED) is 0.809. The van der Waals surface area contributed by atoms with Gasteiger partial charge < -0.3 is 10.5 Å².